The lowest BCUT2D eigenvalue weighted by Crippen LogP contribution is -2.36. The van der Waals surface area contributed by atoms with Crippen molar-refractivity contribution in [3.05, 3.63) is 41.0 Å². The van der Waals surface area contributed by atoms with Gasteiger partial charge in [0, 0.05) is 17.7 Å². The van der Waals surface area contributed by atoms with Crippen molar-refractivity contribution < 1.29 is 4.79 Å². The molecule has 0 saturated heterocycles. The van der Waals surface area contributed by atoms with Gasteiger partial charge in [0.2, 0.25) is 0 Å². The number of allylic oxidation sites excluding steroid dienone is 2. The van der Waals surface area contributed by atoms with Crippen LogP contribution in [-0.4, -0.2) is 5.78 Å². The number of ketones is 1. The second-order valence-electron chi connectivity index (χ2n) is 6.19. The largest absolute Gasteiger partial charge is 0.398 e. The van der Waals surface area contributed by atoms with Crippen LogP contribution in [0.1, 0.15) is 41.6 Å². The van der Waals surface area contributed by atoms with Crippen LogP contribution < -0.4 is 5.73 Å². The quantitative estimate of drug-likeness (QED) is 0.558. The normalized spacial score (nSPS) is 32.8. The van der Waals surface area contributed by atoms with Gasteiger partial charge in [0.15, 0.2) is 5.78 Å². The molecule has 1 aromatic carbocycles. The Balaban J connectivity index is 1.83. The minimum Gasteiger partial charge on any atom is -0.398 e. The predicted octanol–water partition coefficient (Wildman–Crippen LogP) is 3.12. The van der Waals surface area contributed by atoms with Gasteiger partial charge in [-0.1, -0.05) is 23.8 Å². The Bertz CT molecular complexity index is 587. The SMILES string of the molecule is Nc1cccc2c1CC1(CC2=O)CC2=CCC1C2. The molecule has 18 heavy (non-hydrogen) atoms. The molecule has 1 fully saturated rings. The molecule has 1 saturated carbocycles. The van der Waals surface area contributed by atoms with E-state index in [4.69, 9.17) is 5.73 Å². The molecule has 2 bridgehead atoms. The Morgan fingerprint density at radius 3 is 2.83 bits per heavy atom. The van der Waals surface area contributed by atoms with Crippen molar-refractivity contribution in [3.8, 4) is 0 Å². The molecule has 2 heteroatoms. The number of hydrogen-bond donors (Lipinski definition) is 1. The maximum absolute atomic E-state index is 12.4. The van der Waals surface area contributed by atoms with E-state index in [1.54, 1.807) is 5.57 Å². The van der Waals surface area contributed by atoms with Crippen LogP contribution in [-0.2, 0) is 6.42 Å². The smallest absolute Gasteiger partial charge is 0.163 e. The van der Waals surface area contributed by atoms with E-state index in [9.17, 15) is 4.79 Å². The van der Waals surface area contributed by atoms with Crippen LogP contribution in [0.2, 0.25) is 0 Å². The number of nitrogen functional groups attached to an aromatic ring is 1. The van der Waals surface area contributed by atoms with Crippen LogP contribution >= 0.6 is 0 Å². The molecule has 3 aliphatic carbocycles. The fraction of sp³-hybridized carbons (Fsp3) is 0.438. The fourth-order valence-corrected chi connectivity index (χ4v) is 4.31. The van der Waals surface area contributed by atoms with Crippen LogP contribution in [0, 0.1) is 11.3 Å². The first-order valence-corrected chi connectivity index (χ1v) is 6.76. The predicted molar refractivity (Wildman–Crippen MR) is 71.4 cm³/mol. The van der Waals surface area contributed by atoms with E-state index in [1.807, 2.05) is 18.2 Å². The Kier molecular flexibility index (Phi) is 1.87. The first kappa shape index (κ1) is 10.4. The van der Waals surface area contributed by atoms with Gasteiger partial charge in [-0.05, 0) is 48.6 Å². The maximum atomic E-state index is 12.4. The lowest BCUT2D eigenvalue weighted by atomic mass is 9.63. The summed E-state index contributed by atoms with van der Waals surface area (Å²) in [5, 5.41) is 0. The minimum atomic E-state index is 0.198. The van der Waals surface area contributed by atoms with E-state index in [2.05, 4.69) is 6.08 Å². The molecule has 0 radical (unpaired) electrons. The van der Waals surface area contributed by atoms with Crippen LogP contribution in [0.3, 0.4) is 0 Å². The highest BCUT2D eigenvalue weighted by Gasteiger charge is 2.50. The molecule has 2 unspecified atom stereocenters. The summed E-state index contributed by atoms with van der Waals surface area (Å²) in [5.74, 6) is 0.987. The molecule has 0 heterocycles. The van der Waals surface area contributed by atoms with Crippen molar-refractivity contribution in [1.29, 1.82) is 0 Å². The van der Waals surface area contributed by atoms with Gasteiger partial charge >= 0.3 is 0 Å². The molecule has 2 nitrogen and oxygen atoms in total. The van der Waals surface area contributed by atoms with Crippen LogP contribution in [0.5, 0.6) is 0 Å². The van der Waals surface area contributed by atoms with E-state index < -0.39 is 0 Å². The second-order valence-corrected chi connectivity index (χ2v) is 6.19. The summed E-state index contributed by atoms with van der Waals surface area (Å²) in [5.41, 5.74) is 10.6. The molecule has 0 amide bonds. The molecule has 92 valence electrons. The first-order chi connectivity index (χ1) is 8.68. The van der Waals surface area contributed by atoms with Gasteiger partial charge in [0.1, 0.15) is 0 Å². The fourth-order valence-electron chi connectivity index (χ4n) is 4.31. The zero-order chi connectivity index (χ0) is 12.3. The third-order valence-electron chi connectivity index (χ3n) is 5.20. The highest BCUT2D eigenvalue weighted by atomic mass is 16.1. The van der Waals surface area contributed by atoms with Crippen molar-refractivity contribution in [1.82, 2.24) is 0 Å². The van der Waals surface area contributed by atoms with Crippen LogP contribution in [0.25, 0.3) is 0 Å². The van der Waals surface area contributed by atoms with Crippen molar-refractivity contribution in [2.45, 2.75) is 32.1 Å². The number of hydrogen-bond acceptors (Lipinski definition) is 2. The number of benzene rings is 1. The van der Waals surface area contributed by atoms with E-state index in [-0.39, 0.29) is 5.41 Å². The summed E-state index contributed by atoms with van der Waals surface area (Å²) in [4.78, 5) is 12.4. The zero-order valence-electron chi connectivity index (χ0n) is 10.4. The third-order valence-corrected chi connectivity index (χ3v) is 5.20. The summed E-state index contributed by atoms with van der Waals surface area (Å²) in [6.45, 7) is 0. The number of fused-ring (bicyclic) bond motifs is 4. The Labute approximate surface area is 107 Å². The van der Waals surface area contributed by atoms with E-state index in [1.165, 1.54) is 12.8 Å². The monoisotopic (exact) mass is 239 g/mol. The molecule has 2 atom stereocenters. The van der Waals surface area contributed by atoms with Gasteiger partial charge in [-0.25, -0.2) is 0 Å². The number of carbonyl (C=O) groups excluding carboxylic acids is 1. The molecule has 1 spiro atoms. The van der Waals surface area contributed by atoms with Gasteiger partial charge in [-0.2, -0.15) is 0 Å². The van der Waals surface area contributed by atoms with Crippen molar-refractivity contribution in [3.63, 3.8) is 0 Å². The average Bonchev–Trinajstić information content (AvgIpc) is 2.91. The summed E-state index contributed by atoms with van der Waals surface area (Å²) < 4.78 is 0. The number of rotatable bonds is 0. The summed E-state index contributed by atoms with van der Waals surface area (Å²) in [7, 11) is 0. The van der Waals surface area contributed by atoms with E-state index in [0.29, 0.717) is 11.7 Å². The molecule has 1 aromatic rings. The van der Waals surface area contributed by atoms with Gasteiger partial charge in [0.05, 0.1) is 0 Å². The molecule has 0 aliphatic heterocycles. The molecule has 2 N–H and O–H groups in total. The number of anilines is 1. The van der Waals surface area contributed by atoms with Crippen molar-refractivity contribution in [2.24, 2.45) is 11.3 Å². The number of carbonyl (C=O) groups is 1. The van der Waals surface area contributed by atoms with Gasteiger partial charge < -0.3 is 5.73 Å². The highest BCUT2D eigenvalue weighted by Crippen LogP contribution is 2.58. The third kappa shape index (κ3) is 1.21. The Hall–Kier alpha value is -1.57. The van der Waals surface area contributed by atoms with E-state index in [0.717, 1.165) is 36.1 Å². The highest BCUT2D eigenvalue weighted by molar-refractivity contribution is 6.00. The molecule has 0 aromatic heterocycles. The summed E-state index contributed by atoms with van der Waals surface area (Å²) in [6, 6.07) is 5.76. The lowest BCUT2D eigenvalue weighted by molar-refractivity contribution is 0.0824. The topological polar surface area (TPSA) is 43.1 Å². The second kappa shape index (κ2) is 3.25. The Morgan fingerprint density at radius 1 is 1.22 bits per heavy atom. The van der Waals surface area contributed by atoms with Gasteiger partial charge in [-0.3, -0.25) is 4.79 Å². The van der Waals surface area contributed by atoms with Gasteiger partial charge in [-0.15, -0.1) is 0 Å². The van der Waals surface area contributed by atoms with Crippen molar-refractivity contribution >= 4 is 11.5 Å². The minimum absolute atomic E-state index is 0.198. The molecular formula is C16H17NO. The Morgan fingerprint density at radius 2 is 2.11 bits per heavy atom. The summed E-state index contributed by atoms with van der Waals surface area (Å²) in [6.07, 6.45) is 7.62. The first-order valence-electron chi connectivity index (χ1n) is 6.76. The molecular weight excluding hydrogens is 222 g/mol. The van der Waals surface area contributed by atoms with Gasteiger partial charge in [0.25, 0.3) is 0 Å². The number of Topliss-reactive ketones (excluding diaryl/α,β-unsaturated/α-hetero) is 1. The maximum Gasteiger partial charge on any atom is 0.163 e. The van der Waals surface area contributed by atoms with Crippen LogP contribution in [0.4, 0.5) is 5.69 Å². The molecule has 3 aliphatic rings. The lowest BCUT2D eigenvalue weighted by Gasteiger charge is -2.40. The van der Waals surface area contributed by atoms with Crippen LogP contribution in [0.15, 0.2) is 29.8 Å². The summed E-state index contributed by atoms with van der Waals surface area (Å²) >= 11 is 0. The standard InChI is InChI=1S/C16H17NO/c17-14-3-1-2-12-13(14)8-16(9-15(12)18)7-10-4-5-11(16)6-10/h1-4,11H,5-9,17H2. The average molecular weight is 239 g/mol. The number of nitrogens with two attached hydrogens (primary N) is 1. The molecule has 4 rings (SSSR count). The van der Waals surface area contributed by atoms with Crippen molar-refractivity contribution in [2.75, 3.05) is 5.73 Å². The zero-order valence-corrected chi connectivity index (χ0v) is 10.4. The van der Waals surface area contributed by atoms with E-state index >= 15 is 0 Å².